The molecular formula is C20H26N2O4S2. The molecule has 2 aromatic rings. The standard InChI is InChI=1S/C20H26N2O4S2/c1-4-11-21-19(23)20(24)22-13-18(17-6-5-12-27-17)28(25,26)16-9-7-15(8-10-16)14(2)3/h5-10,12,14,18H,4,11,13H2,1-3H3,(H,21,23)(H,22,24)/t18-/m0/s1. The van der Waals surface area contributed by atoms with Crippen molar-refractivity contribution in [2.45, 2.75) is 43.3 Å². The summed E-state index contributed by atoms with van der Waals surface area (Å²) >= 11 is 1.30. The molecule has 2 N–H and O–H groups in total. The van der Waals surface area contributed by atoms with Crippen LogP contribution in [-0.4, -0.2) is 33.3 Å². The van der Waals surface area contributed by atoms with E-state index >= 15 is 0 Å². The maximum absolute atomic E-state index is 13.2. The molecule has 0 spiro atoms. The first-order valence-corrected chi connectivity index (χ1v) is 11.6. The minimum absolute atomic E-state index is 0.173. The first-order valence-electron chi connectivity index (χ1n) is 9.20. The predicted octanol–water partition coefficient (Wildman–Crippen LogP) is 3.03. The first-order chi connectivity index (χ1) is 13.3. The van der Waals surface area contributed by atoms with Gasteiger partial charge in [0.05, 0.1) is 4.90 Å². The highest BCUT2D eigenvalue weighted by Gasteiger charge is 2.31. The van der Waals surface area contributed by atoms with Gasteiger partial charge in [0.25, 0.3) is 0 Å². The molecule has 0 saturated heterocycles. The van der Waals surface area contributed by atoms with Gasteiger partial charge in [-0.1, -0.05) is 39.0 Å². The summed E-state index contributed by atoms with van der Waals surface area (Å²) in [4.78, 5) is 24.6. The summed E-state index contributed by atoms with van der Waals surface area (Å²) < 4.78 is 26.4. The lowest BCUT2D eigenvalue weighted by atomic mass is 10.0. The summed E-state index contributed by atoms with van der Waals surface area (Å²) in [7, 11) is -3.74. The van der Waals surface area contributed by atoms with Crippen LogP contribution in [0.5, 0.6) is 0 Å². The van der Waals surface area contributed by atoms with Crippen molar-refractivity contribution in [3.63, 3.8) is 0 Å². The van der Waals surface area contributed by atoms with E-state index in [1.807, 2.05) is 20.8 Å². The van der Waals surface area contributed by atoms with Gasteiger partial charge in [-0.2, -0.15) is 0 Å². The van der Waals surface area contributed by atoms with Gasteiger partial charge in [-0.3, -0.25) is 9.59 Å². The molecule has 0 radical (unpaired) electrons. The van der Waals surface area contributed by atoms with Crippen LogP contribution in [0, 0.1) is 0 Å². The van der Waals surface area contributed by atoms with E-state index in [-0.39, 0.29) is 11.4 Å². The zero-order valence-corrected chi connectivity index (χ0v) is 17.9. The highest BCUT2D eigenvalue weighted by molar-refractivity contribution is 7.91. The highest BCUT2D eigenvalue weighted by Crippen LogP contribution is 2.32. The lowest BCUT2D eigenvalue weighted by molar-refractivity contribution is -0.139. The van der Waals surface area contributed by atoms with Crippen molar-refractivity contribution in [2.24, 2.45) is 0 Å². The Balaban J connectivity index is 2.23. The van der Waals surface area contributed by atoms with Crippen LogP contribution in [0.3, 0.4) is 0 Å². The molecule has 8 heteroatoms. The number of nitrogens with one attached hydrogen (secondary N) is 2. The third-order valence-electron chi connectivity index (χ3n) is 4.30. The molecule has 0 aliphatic rings. The second-order valence-electron chi connectivity index (χ2n) is 6.74. The second-order valence-corrected chi connectivity index (χ2v) is 9.85. The van der Waals surface area contributed by atoms with Gasteiger partial charge in [-0.25, -0.2) is 8.42 Å². The van der Waals surface area contributed by atoms with Gasteiger partial charge >= 0.3 is 11.8 Å². The van der Waals surface area contributed by atoms with E-state index in [2.05, 4.69) is 10.6 Å². The van der Waals surface area contributed by atoms with Crippen molar-refractivity contribution in [3.8, 4) is 0 Å². The minimum Gasteiger partial charge on any atom is -0.348 e. The lowest BCUT2D eigenvalue weighted by Gasteiger charge is -2.18. The molecule has 1 heterocycles. The summed E-state index contributed by atoms with van der Waals surface area (Å²) in [5.41, 5.74) is 1.05. The summed E-state index contributed by atoms with van der Waals surface area (Å²) in [6, 6.07) is 10.3. The normalized spacial score (nSPS) is 12.6. The second kappa shape index (κ2) is 9.84. The number of carbonyl (C=O) groups excluding carboxylic acids is 2. The Kier molecular flexibility index (Phi) is 7.77. The molecule has 0 saturated carbocycles. The zero-order chi connectivity index (χ0) is 20.7. The SMILES string of the molecule is CCCNC(=O)C(=O)NC[C@@H](c1cccs1)S(=O)(=O)c1ccc(C(C)C)cc1. The van der Waals surface area contributed by atoms with Crippen LogP contribution >= 0.6 is 11.3 Å². The van der Waals surface area contributed by atoms with Crippen LogP contribution in [0.4, 0.5) is 0 Å². The van der Waals surface area contributed by atoms with E-state index in [0.29, 0.717) is 23.8 Å². The van der Waals surface area contributed by atoms with Crippen LogP contribution in [-0.2, 0) is 19.4 Å². The first kappa shape index (κ1) is 22.1. The van der Waals surface area contributed by atoms with E-state index in [1.54, 1.807) is 41.8 Å². The van der Waals surface area contributed by atoms with E-state index < -0.39 is 26.9 Å². The molecule has 1 atom stereocenters. The number of rotatable bonds is 8. The smallest absolute Gasteiger partial charge is 0.309 e. The Labute approximate surface area is 170 Å². The Morgan fingerprint density at radius 2 is 1.68 bits per heavy atom. The molecule has 6 nitrogen and oxygen atoms in total. The summed E-state index contributed by atoms with van der Waals surface area (Å²) in [5, 5.41) is 5.77. The average molecular weight is 423 g/mol. The molecule has 1 aromatic carbocycles. The Morgan fingerprint density at radius 3 is 2.21 bits per heavy atom. The highest BCUT2D eigenvalue weighted by atomic mass is 32.2. The third-order valence-corrected chi connectivity index (χ3v) is 7.53. The number of sulfone groups is 1. The molecule has 0 aliphatic heterocycles. The average Bonchev–Trinajstić information content (AvgIpc) is 3.20. The Bertz CT molecular complexity index is 889. The molecule has 0 bridgehead atoms. The summed E-state index contributed by atoms with van der Waals surface area (Å²) in [5.74, 6) is -1.29. The fourth-order valence-electron chi connectivity index (χ4n) is 2.63. The predicted molar refractivity (Wildman–Crippen MR) is 111 cm³/mol. The monoisotopic (exact) mass is 422 g/mol. The van der Waals surface area contributed by atoms with Gasteiger partial charge in [-0.05, 0) is 41.5 Å². The molecule has 1 aromatic heterocycles. The van der Waals surface area contributed by atoms with E-state index in [9.17, 15) is 18.0 Å². The number of hydrogen-bond donors (Lipinski definition) is 2. The number of amides is 2. The number of thiophene rings is 1. The molecule has 28 heavy (non-hydrogen) atoms. The van der Waals surface area contributed by atoms with E-state index in [4.69, 9.17) is 0 Å². The molecule has 2 rings (SSSR count). The molecule has 0 aliphatic carbocycles. The molecule has 152 valence electrons. The molecular weight excluding hydrogens is 396 g/mol. The van der Waals surface area contributed by atoms with Gasteiger partial charge in [0, 0.05) is 18.0 Å². The van der Waals surface area contributed by atoms with Crippen molar-refractivity contribution >= 4 is 33.0 Å². The van der Waals surface area contributed by atoms with Gasteiger partial charge in [0.1, 0.15) is 5.25 Å². The van der Waals surface area contributed by atoms with Gasteiger partial charge < -0.3 is 10.6 Å². The summed E-state index contributed by atoms with van der Waals surface area (Å²) in [6.07, 6.45) is 0.706. The maximum atomic E-state index is 13.2. The largest absolute Gasteiger partial charge is 0.348 e. The fraction of sp³-hybridized carbons (Fsp3) is 0.400. The van der Waals surface area contributed by atoms with E-state index in [0.717, 1.165) is 5.56 Å². The lowest BCUT2D eigenvalue weighted by Crippen LogP contribution is -2.42. The van der Waals surface area contributed by atoms with Crippen molar-refractivity contribution < 1.29 is 18.0 Å². The maximum Gasteiger partial charge on any atom is 0.309 e. The van der Waals surface area contributed by atoms with Crippen molar-refractivity contribution in [1.29, 1.82) is 0 Å². The number of carbonyl (C=O) groups is 2. The zero-order valence-electron chi connectivity index (χ0n) is 16.3. The van der Waals surface area contributed by atoms with Crippen LogP contribution in [0.25, 0.3) is 0 Å². The van der Waals surface area contributed by atoms with Crippen molar-refractivity contribution in [1.82, 2.24) is 10.6 Å². The molecule has 0 fully saturated rings. The minimum atomic E-state index is -3.74. The van der Waals surface area contributed by atoms with Gasteiger partial charge in [-0.15, -0.1) is 11.3 Å². The summed E-state index contributed by atoms with van der Waals surface area (Å²) in [6.45, 7) is 6.17. The molecule has 2 amide bonds. The van der Waals surface area contributed by atoms with Crippen LogP contribution in [0.2, 0.25) is 0 Å². The quantitative estimate of drug-likeness (QED) is 0.640. The van der Waals surface area contributed by atoms with Crippen LogP contribution in [0.15, 0.2) is 46.7 Å². The third kappa shape index (κ3) is 5.42. The van der Waals surface area contributed by atoms with Crippen molar-refractivity contribution in [3.05, 3.63) is 52.2 Å². The van der Waals surface area contributed by atoms with E-state index in [1.165, 1.54) is 11.3 Å². The van der Waals surface area contributed by atoms with Crippen LogP contribution < -0.4 is 10.6 Å². The number of benzene rings is 1. The van der Waals surface area contributed by atoms with Crippen molar-refractivity contribution in [2.75, 3.05) is 13.1 Å². The molecule has 0 unspecified atom stereocenters. The Hall–Kier alpha value is -2.19. The van der Waals surface area contributed by atoms with Gasteiger partial charge in [0.2, 0.25) is 0 Å². The topological polar surface area (TPSA) is 92.3 Å². The number of hydrogen-bond acceptors (Lipinski definition) is 5. The van der Waals surface area contributed by atoms with Crippen LogP contribution in [0.1, 0.15) is 48.8 Å². The fourth-order valence-corrected chi connectivity index (χ4v) is 5.41. The van der Waals surface area contributed by atoms with Gasteiger partial charge in [0.15, 0.2) is 9.84 Å². The Morgan fingerprint density at radius 1 is 1.04 bits per heavy atom.